The van der Waals surface area contributed by atoms with Crippen molar-refractivity contribution in [3.8, 4) is 0 Å². The fraction of sp³-hybridized carbons (Fsp3) is 0.444. The smallest absolute Gasteiger partial charge is 0.244 e. The molecule has 0 unspecified atom stereocenters. The molecule has 1 aliphatic rings. The molecular formula is C9H10F2N2. The molecule has 1 saturated heterocycles. The van der Waals surface area contributed by atoms with Crippen LogP contribution in [0.3, 0.4) is 0 Å². The van der Waals surface area contributed by atoms with E-state index in [0.717, 1.165) is 5.69 Å². The van der Waals surface area contributed by atoms with E-state index in [1.165, 1.54) is 0 Å². The lowest BCUT2D eigenvalue weighted by Crippen LogP contribution is -2.50. The third kappa shape index (κ3) is 1.61. The minimum Gasteiger partial charge on any atom is -0.370 e. The molecule has 0 saturated carbocycles. The van der Waals surface area contributed by atoms with E-state index in [4.69, 9.17) is 0 Å². The number of anilines is 1. The molecule has 13 heavy (non-hydrogen) atoms. The van der Waals surface area contributed by atoms with Gasteiger partial charge in [-0.1, -0.05) is 0 Å². The van der Waals surface area contributed by atoms with Gasteiger partial charge in [-0.15, -0.1) is 0 Å². The molecule has 0 aromatic carbocycles. The number of halogens is 2. The maximum Gasteiger partial charge on any atom is 0.244 e. The van der Waals surface area contributed by atoms with E-state index in [9.17, 15) is 8.78 Å². The van der Waals surface area contributed by atoms with E-state index in [2.05, 4.69) is 4.98 Å². The van der Waals surface area contributed by atoms with Crippen LogP contribution in [0.1, 0.15) is 0 Å². The van der Waals surface area contributed by atoms with E-state index in [1.807, 2.05) is 17.0 Å². The number of nitrogens with zero attached hydrogens (tertiary/aromatic N) is 2. The van der Waals surface area contributed by atoms with Crippen molar-refractivity contribution in [2.75, 3.05) is 18.0 Å². The topological polar surface area (TPSA) is 16.1 Å². The van der Waals surface area contributed by atoms with E-state index in [0.29, 0.717) is 13.1 Å². The van der Waals surface area contributed by atoms with Gasteiger partial charge in [0.25, 0.3) is 0 Å². The van der Waals surface area contributed by atoms with Crippen LogP contribution in [0.2, 0.25) is 0 Å². The molecule has 1 aromatic rings. The van der Waals surface area contributed by atoms with E-state index in [1.54, 1.807) is 12.4 Å². The van der Waals surface area contributed by atoms with Crippen molar-refractivity contribution >= 4 is 5.69 Å². The van der Waals surface area contributed by atoms with Crippen LogP contribution in [-0.2, 0) is 0 Å². The maximum absolute atomic E-state index is 12.1. The van der Waals surface area contributed by atoms with E-state index in [-0.39, 0.29) is 0 Å². The Labute approximate surface area is 75.2 Å². The van der Waals surface area contributed by atoms with Gasteiger partial charge in [0.05, 0.1) is 5.92 Å². The van der Waals surface area contributed by atoms with E-state index >= 15 is 0 Å². The van der Waals surface area contributed by atoms with Crippen LogP contribution >= 0.6 is 0 Å². The third-order valence-electron chi connectivity index (χ3n) is 2.29. The Bertz CT molecular complexity index is 270. The summed E-state index contributed by atoms with van der Waals surface area (Å²) in [5.74, 6) is -0.451. The second-order valence-electron chi connectivity index (χ2n) is 3.20. The molecule has 4 heteroatoms. The van der Waals surface area contributed by atoms with Crippen LogP contribution in [0, 0.1) is 5.92 Å². The number of rotatable bonds is 2. The molecule has 1 aliphatic heterocycles. The number of hydrogen-bond acceptors (Lipinski definition) is 2. The molecule has 0 bridgehead atoms. The van der Waals surface area contributed by atoms with Crippen molar-refractivity contribution in [1.82, 2.24) is 4.98 Å². The van der Waals surface area contributed by atoms with Crippen LogP contribution in [-0.4, -0.2) is 24.5 Å². The molecule has 2 rings (SSSR count). The largest absolute Gasteiger partial charge is 0.370 e. The first-order valence-corrected chi connectivity index (χ1v) is 4.20. The second-order valence-corrected chi connectivity index (χ2v) is 3.20. The van der Waals surface area contributed by atoms with Gasteiger partial charge in [0.2, 0.25) is 6.43 Å². The zero-order valence-electron chi connectivity index (χ0n) is 7.03. The van der Waals surface area contributed by atoms with Gasteiger partial charge in [-0.05, 0) is 12.1 Å². The molecule has 2 heterocycles. The standard InChI is InChI=1S/C9H10F2N2/c10-9(11)7-5-13(6-7)8-1-3-12-4-2-8/h1-4,7,9H,5-6H2. The predicted molar refractivity (Wildman–Crippen MR) is 45.9 cm³/mol. The third-order valence-corrected chi connectivity index (χ3v) is 2.29. The highest BCUT2D eigenvalue weighted by Gasteiger charge is 2.33. The van der Waals surface area contributed by atoms with Gasteiger partial charge in [-0.3, -0.25) is 4.98 Å². The summed E-state index contributed by atoms with van der Waals surface area (Å²) in [6, 6.07) is 3.67. The lowest BCUT2D eigenvalue weighted by atomic mass is 10.0. The Balaban J connectivity index is 1.94. The van der Waals surface area contributed by atoms with Crippen LogP contribution in [0.4, 0.5) is 14.5 Å². The summed E-state index contributed by atoms with van der Waals surface area (Å²) in [4.78, 5) is 5.79. The molecule has 1 fully saturated rings. The van der Waals surface area contributed by atoms with Gasteiger partial charge in [0.15, 0.2) is 0 Å². The normalized spacial score (nSPS) is 17.6. The first-order valence-electron chi connectivity index (χ1n) is 4.20. The monoisotopic (exact) mass is 184 g/mol. The lowest BCUT2D eigenvalue weighted by Gasteiger charge is -2.40. The fourth-order valence-corrected chi connectivity index (χ4v) is 1.44. The molecule has 0 aliphatic carbocycles. The van der Waals surface area contributed by atoms with Gasteiger partial charge in [0, 0.05) is 31.2 Å². The summed E-state index contributed by atoms with van der Waals surface area (Å²) in [7, 11) is 0. The Morgan fingerprint density at radius 1 is 1.31 bits per heavy atom. The highest BCUT2D eigenvalue weighted by molar-refractivity contribution is 5.47. The Morgan fingerprint density at radius 3 is 2.46 bits per heavy atom. The van der Waals surface area contributed by atoms with Crippen LogP contribution in [0.25, 0.3) is 0 Å². The lowest BCUT2D eigenvalue weighted by molar-refractivity contribution is 0.0614. The predicted octanol–water partition coefficient (Wildman–Crippen LogP) is 1.78. The molecule has 70 valence electrons. The Morgan fingerprint density at radius 2 is 1.92 bits per heavy atom. The average molecular weight is 184 g/mol. The Hall–Kier alpha value is -1.19. The van der Waals surface area contributed by atoms with Crippen molar-refractivity contribution in [2.45, 2.75) is 6.43 Å². The van der Waals surface area contributed by atoms with Crippen LogP contribution < -0.4 is 4.90 Å². The zero-order valence-corrected chi connectivity index (χ0v) is 7.03. The van der Waals surface area contributed by atoms with Crippen LogP contribution in [0.5, 0.6) is 0 Å². The van der Waals surface area contributed by atoms with Gasteiger partial charge in [-0.25, -0.2) is 8.78 Å². The number of hydrogen-bond donors (Lipinski definition) is 0. The molecular weight excluding hydrogens is 174 g/mol. The quantitative estimate of drug-likeness (QED) is 0.696. The summed E-state index contributed by atoms with van der Waals surface area (Å²) in [6.07, 6.45) is 1.16. The highest BCUT2D eigenvalue weighted by Crippen LogP contribution is 2.27. The van der Waals surface area contributed by atoms with Crippen molar-refractivity contribution in [1.29, 1.82) is 0 Å². The first-order chi connectivity index (χ1) is 6.27. The van der Waals surface area contributed by atoms with Crippen molar-refractivity contribution < 1.29 is 8.78 Å². The average Bonchev–Trinajstić information content (AvgIpc) is 2.02. The SMILES string of the molecule is FC(F)C1CN(c2ccncc2)C1. The zero-order chi connectivity index (χ0) is 9.26. The number of aromatic nitrogens is 1. The first kappa shape index (κ1) is 8.41. The second kappa shape index (κ2) is 3.28. The fourth-order valence-electron chi connectivity index (χ4n) is 1.44. The number of pyridine rings is 1. The summed E-state index contributed by atoms with van der Waals surface area (Å²) >= 11 is 0. The summed E-state index contributed by atoms with van der Waals surface area (Å²) in [6.45, 7) is 0.920. The van der Waals surface area contributed by atoms with Crippen molar-refractivity contribution in [3.05, 3.63) is 24.5 Å². The van der Waals surface area contributed by atoms with Gasteiger partial charge < -0.3 is 4.90 Å². The molecule has 0 amide bonds. The minimum atomic E-state index is -2.18. The van der Waals surface area contributed by atoms with E-state index < -0.39 is 12.3 Å². The van der Waals surface area contributed by atoms with Gasteiger partial charge >= 0.3 is 0 Å². The number of alkyl halides is 2. The van der Waals surface area contributed by atoms with Gasteiger partial charge in [0.1, 0.15) is 0 Å². The molecule has 0 spiro atoms. The van der Waals surface area contributed by atoms with Crippen molar-refractivity contribution in [2.24, 2.45) is 5.92 Å². The Kier molecular flexibility index (Phi) is 2.12. The maximum atomic E-state index is 12.1. The molecule has 0 N–H and O–H groups in total. The summed E-state index contributed by atoms with van der Waals surface area (Å²) in [5, 5.41) is 0. The summed E-state index contributed by atoms with van der Waals surface area (Å²) < 4.78 is 24.3. The van der Waals surface area contributed by atoms with Crippen molar-refractivity contribution in [3.63, 3.8) is 0 Å². The molecule has 0 radical (unpaired) electrons. The van der Waals surface area contributed by atoms with Gasteiger partial charge in [-0.2, -0.15) is 0 Å². The van der Waals surface area contributed by atoms with Crippen LogP contribution in [0.15, 0.2) is 24.5 Å². The minimum absolute atomic E-state index is 0.451. The molecule has 0 atom stereocenters. The molecule has 1 aromatic heterocycles. The summed E-state index contributed by atoms with van der Waals surface area (Å²) in [5.41, 5.74) is 0.979. The highest BCUT2D eigenvalue weighted by atomic mass is 19.3. The molecule has 2 nitrogen and oxygen atoms in total.